The number of cyclic esters (lactones) is 1. The van der Waals surface area contributed by atoms with E-state index in [9.17, 15) is 24.6 Å². The van der Waals surface area contributed by atoms with E-state index >= 15 is 0 Å². The second-order valence-electron chi connectivity index (χ2n) is 10.6. The zero-order valence-electron chi connectivity index (χ0n) is 21.9. The number of aliphatic hydroxyl groups is 2. The Balaban J connectivity index is 2.02. The molecule has 2 fully saturated rings. The quantitative estimate of drug-likeness (QED) is 0.416. The van der Waals surface area contributed by atoms with Crippen LogP contribution in [0.4, 0.5) is 0 Å². The molecule has 36 heavy (non-hydrogen) atoms. The molecule has 1 saturated heterocycles. The third-order valence-corrected chi connectivity index (χ3v) is 8.78. The number of carbonyl (C=O) groups is 3. The van der Waals surface area contributed by atoms with Gasteiger partial charge in [0, 0.05) is 49.9 Å². The molecule has 2 N–H and O–H groups in total. The number of methoxy groups -OCH3 is 1. The van der Waals surface area contributed by atoms with E-state index in [1.807, 2.05) is 32.6 Å². The van der Waals surface area contributed by atoms with Crippen LogP contribution >= 0.6 is 0 Å². The topological polar surface area (TPSA) is 123 Å². The highest BCUT2D eigenvalue weighted by molar-refractivity contribution is 6.13. The van der Waals surface area contributed by atoms with E-state index < -0.39 is 52.6 Å². The fourth-order valence-electron chi connectivity index (χ4n) is 6.86. The van der Waals surface area contributed by atoms with E-state index in [2.05, 4.69) is 0 Å². The number of nitrogens with zero attached hydrogens (tertiary/aromatic N) is 1. The molecule has 1 aliphatic heterocycles. The monoisotopic (exact) mass is 503 g/mol. The van der Waals surface area contributed by atoms with Crippen LogP contribution in [-0.2, 0) is 28.6 Å². The Hall–Kier alpha value is -2.65. The van der Waals surface area contributed by atoms with Gasteiger partial charge in [-0.1, -0.05) is 6.92 Å². The van der Waals surface area contributed by atoms with E-state index in [-0.39, 0.29) is 23.7 Å². The number of rotatable bonds is 6. The molecule has 0 amide bonds. The molecule has 1 heterocycles. The summed E-state index contributed by atoms with van der Waals surface area (Å²) in [5.74, 6) is -2.59. The zero-order chi connectivity index (χ0) is 26.6. The Kier molecular flexibility index (Phi) is 6.85. The van der Waals surface area contributed by atoms with Crippen LogP contribution in [0, 0.1) is 16.7 Å². The maximum absolute atomic E-state index is 13.9. The normalized spacial score (nSPS) is 36.9. The molecule has 0 radical (unpaired) electrons. The van der Waals surface area contributed by atoms with Crippen LogP contribution in [0.25, 0.3) is 0 Å². The molecule has 0 aromatic carbocycles. The molecule has 4 rings (SSSR count). The standard InChI is InChI=1S/C27H37NO8/c1-7-28(8-2)12-15-21-24(32)23(31)20-16-9-10-18(30)26(16,4)11-17(35-14(3)29)22(20)27(21,5)19(13-34-6)36-25(15)33/h12,16-19,30,32H,7-11,13H2,1-6H3/b15-12+/t16?,17-,18+,19-,26+,27+/m1/s1. The fourth-order valence-corrected chi connectivity index (χ4v) is 6.86. The maximum atomic E-state index is 13.9. The van der Waals surface area contributed by atoms with Gasteiger partial charge in [-0.05, 0) is 51.5 Å². The van der Waals surface area contributed by atoms with Gasteiger partial charge in [0.15, 0.2) is 5.76 Å². The predicted molar refractivity (Wildman–Crippen MR) is 130 cm³/mol. The number of carbonyl (C=O) groups excluding carboxylic acids is 3. The summed E-state index contributed by atoms with van der Waals surface area (Å²) < 4.78 is 17.1. The van der Waals surface area contributed by atoms with Gasteiger partial charge in [-0.25, -0.2) is 4.79 Å². The van der Waals surface area contributed by atoms with E-state index in [1.165, 1.54) is 14.0 Å². The predicted octanol–water partition coefficient (Wildman–Crippen LogP) is 2.59. The SMILES string of the molecule is CCN(/C=C1/C(=O)O[C@H](COC)[C@@]2(C)C1=C(O)C(=O)C1=C2[C@H](OC(C)=O)C[C@@]2(C)C1CC[C@@H]2O)CC. The Morgan fingerprint density at radius 1 is 1.22 bits per heavy atom. The third-order valence-electron chi connectivity index (χ3n) is 8.78. The van der Waals surface area contributed by atoms with Gasteiger partial charge in [0.05, 0.1) is 23.7 Å². The van der Waals surface area contributed by atoms with Crippen LogP contribution in [0.1, 0.15) is 53.9 Å². The second kappa shape index (κ2) is 9.34. The lowest BCUT2D eigenvalue weighted by Gasteiger charge is -2.54. The summed E-state index contributed by atoms with van der Waals surface area (Å²) in [6.07, 6.45) is 0.611. The molecular weight excluding hydrogens is 466 g/mol. The zero-order valence-corrected chi connectivity index (χ0v) is 21.9. The Morgan fingerprint density at radius 3 is 2.47 bits per heavy atom. The molecular formula is C27H37NO8. The molecule has 0 bridgehead atoms. The summed E-state index contributed by atoms with van der Waals surface area (Å²) in [5.41, 5.74) is -0.720. The van der Waals surface area contributed by atoms with Crippen molar-refractivity contribution in [3.05, 3.63) is 34.3 Å². The summed E-state index contributed by atoms with van der Waals surface area (Å²) in [6, 6.07) is 0. The summed E-state index contributed by atoms with van der Waals surface area (Å²) in [7, 11) is 1.49. The highest BCUT2D eigenvalue weighted by Gasteiger charge is 2.64. The van der Waals surface area contributed by atoms with Crippen molar-refractivity contribution >= 4 is 17.7 Å². The number of hydrogen-bond acceptors (Lipinski definition) is 9. The van der Waals surface area contributed by atoms with Crippen molar-refractivity contribution in [2.45, 2.75) is 72.2 Å². The number of Topliss-reactive ketones (excluding diaryl/α,β-unsaturated/α-hetero) is 1. The highest BCUT2D eigenvalue weighted by atomic mass is 16.6. The molecule has 9 nitrogen and oxygen atoms in total. The second-order valence-corrected chi connectivity index (χ2v) is 10.6. The van der Waals surface area contributed by atoms with Crippen molar-refractivity contribution in [1.29, 1.82) is 0 Å². The van der Waals surface area contributed by atoms with Gasteiger partial charge in [0.25, 0.3) is 0 Å². The van der Waals surface area contributed by atoms with Crippen molar-refractivity contribution in [3.8, 4) is 0 Å². The Bertz CT molecular complexity index is 1070. The molecule has 6 atom stereocenters. The Morgan fingerprint density at radius 2 is 1.89 bits per heavy atom. The summed E-state index contributed by atoms with van der Waals surface area (Å²) in [5, 5.41) is 22.4. The molecule has 9 heteroatoms. The van der Waals surface area contributed by atoms with Crippen LogP contribution in [-0.4, -0.2) is 78.0 Å². The molecule has 198 valence electrons. The molecule has 0 aromatic rings. The minimum atomic E-state index is -1.19. The van der Waals surface area contributed by atoms with Crippen LogP contribution in [0.2, 0.25) is 0 Å². The lowest BCUT2D eigenvalue weighted by Crippen LogP contribution is -2.57. The maximum Gasteiger partial charge on any atom is 0.340 e. The van der Waals surface area contributed by atoms with Crippen molar-refractivity contribution in [1.82, 2.24) is 4.90 Å². The number of ketones is 1. The molecule has 0 aromatic heterocycles. The number of esters is 2. The van der Waals surface area contributed by atoms with Crippen LogP contribution in [0.3, 0.4) is 0 Å². The average Bonchev–Trinajstić information content (AvgIpc) is 3.11. The highest BCUT2D eigenvalue weighted by Crippen LogP contribution is 2.63. The number of fused-ring (bicyclic) bond motifs is 4. The first-order valence-corrected chi connectivity index (χ1v) is 12.7. The lowest BCUT2D eigenvalue weighted by molar-refractivity contribution is -0.161. The van der Waals surface area contributed by atoms with Gasteiger partial charge < -0.3 is 29.3 Å². The van der Waals surface area contributed by atoms with Gasteiger partial charge in [-0.3, -0.25) is 9.59 Å². The van der Waals surface area contributed by atoms with Gasteiger partial charge in [-0.2, -0.15) is 0 Å². The number of hydrogen-bond donors (Lipinski definition) is 2. The number of aliphatic hydroxyl groups excluding tert-OH is 2. The third kappa shape index (κ3) is 3.70. The first-order valence-electron chi connectivity index (χ1n) is 12.7. The van der Waals surface area contributed by atoms with Gasteiger partial charge in [0.1, 0.15) is 12.2 Å². The average molecular weight is 504 g/mol. The van der Waals surface area contributed by atoms with Crippen molar-refractivity contribution in [3.63, 3.8) is 0 Å². The van der Waals surface area contributed by atoms with Gasteiger partial charge in [-0.15, -0.1) is 0 Å². The smallest absolute Gasteiger partial charge is 0.340 e. The summed E-state index contributed by atoms with van der Waals surface area (Å²) >= 11 is 0. The largest absolute Gasteiger partial charge is 0.504 e. The number of ether oxygens (including phenoxy) is 3. The number of allylic oxidation sites excluding steroid dienone is 1. The Labute approximate surface area is 211 Å². The van der Waals surface area contributed by atoms with Crippen molar-refractivity contribution in [2.75, 3.05) is 26.8 Å². The summed E-state index contributed by atoms with van der Waals surface area (Å²) in [6.45, 7) is 10.1. The molecule has 3 aliphatic carbocycles. The van der Waals surface area contributed by atoms with Gasteiger partial charge in [0.2, 0.25) is 5.78 Å². The van der Waals surface area contributed by atoms with Crippen molar-refractivity contribution < 1.29 is 38.8 Å². The lowest BCUT2D eigenvalue weighted by atomic mass is 9.53. The van der Waals surface area contributed by atoms with E-state index in [1.54, 1.807) is 6.20 Å². The van der Waals surface area contributed by atoms with E-state index in [4.69, 9.17) is 14.2 Å². The first-order chi connectivity index (χ1) is 16.9. The first kappa shape index (κ1) is 26.4. The van der Waals surface area contributed by atoms with Crippen LogP contribution in [0.15, 0.2) is 34.3 Å². The van der Waals surface area contributed by atoms with Crippen LogP contribution in [0.5, 0.6) is 0 Å². The van der Waals surface area contributed by atoms with Crippen molar-refractivity contribution in [2.24, 2.45) is 16.7 Å². The minimum Gasteiger partial charge on any atom is -0.504 e. The molecule has 1 unspecified atom stereocenters. The molecule has 1 saturated carbocycles. The molecule has 4 aliphatic rings. The van der Waals surface area contributed by atoms with E-state index in [0.717, 1.165) is 0 Å². The summed E-state index contributed by atoms with van der Waals surface area (Å²) in [4.78, 5) is 41.3. The minimum absolute atomic E-state index is 0.0138. The molecule has 0 spiro atoms. The fraction of sp³-hybridized carbons (Fsp3) is 0.667. The van der Waals surface area contributed by atoms with Gasteiger partial charge >= 0.3 is 11.9 Å². The van der Waals surface area contributed by atoms with Crippen LogP contribution < -0.4 is 0 Å². The van der Waals surface area contributed by atoms with E-state index in [0.29, 0.717) is 43.5 Å².